The highest BCUT2D eigenvalue weighted by atomic mass is 35.5. The monoisotopic (exact) mass is 357 g/mol. The third-order valence-electron chi connectivity index (χ3n) is 3.36. The highest BCUT2D eigenvalue weighted by Gasteiger charge is 2.08. The quantitative estimate of drug-likeness (QED) is 0.319. The van der Waals surface area contributed by atoms with Crippen molar-refractivity contribution in [2.45, 2.75) is 12.8 Å². The van der Waals surface area contributed by atoms with E-state index in [-0.39, 0.29) is 10.7 Å². The van der Waals surface area contributed by atoms with Crippen molar-refractivity contribution in [1.82, 2.24) is 5.32 Å². The lowest BCUT2D eigenvalue weighted by atomic mass is 10.1. The molecule has 0 aliphatic carbocycles. The molecular weight excluding hydrogens is 342 g/mol. The Kier molecular flexibility index (Phi) is 7.01. The first kappa shape index (κ1) is 18.5. The molecule has 0 saturated heterocycles. The van der Waals surface area contributed by atoms with Gasteiger partial charge in [0.2, 0.25) is 0 Å². The molecule has 1 N–H and O–H groups in total. The summed E-state index contributed by atoms with van der Waals surface area (Å²) >= 11 is 5.97. The molecule has 2 aromatic carbocycles. The van der Waals surface area contributed by atoms with Crippen LogP contribution in [-0.4, -0.2) is 18.0 Å². The van der Waals surface area contributed by atoms with Crippen LogP contribution in [0.15, 0.2) is 52.7 Å². The standard InChI is InChI=1S/C17H16ClN5O2/c18-16-12-15(23(24)25)6-7-17(16)22-21-14-4-2-13(3-5-14)8-11-20-10-1-9-19/h2-7,12,20H,1,8,10-11H2. The van der Waals surface area contributed by atoms with E-state index in [1.54, 1.807) is 0 Å². The van der Waals surface area contributed by atoms with Gasteiger partial charge in [0.05, 0.1) is 21.7 Å². The summed E-state index contributed by atoms with van der Waals surface area (Å²) < 4.78 is 0. The number of nitrogens with zero attached hydrogens (tertiary/aromatic N) is 4. The number of nitrogens with one attached hydrogen (secondary N) is 1. The van der Waals surface area contributed by atoms with Gasteiger partial charge in [-0.05, 0) is 36.7 Å². The van der Waals surface area contributed by atoms with Crippen molar-refractivity contribution < 1.29 is 4.92 Å². The highest BCUT2D eigenvalue weighted by molar-refractivity contribution is 6.33. The summed E-state index contributed by atoms with van der Waals surface area (Å²) in [6, 6.07) is 13.7. The first-order valence-corrected chi connectivity index (χ1v) is 8.00. The summed E-state index contributed by atoms with van der Waals surface area (Å²) in [5.41, 5.74) is 2.10. The first-order valence-electron chi connectivity index (χ1n) is 7.62. The van der Waals surface area contributed by atoms with Crippen LogP contribution in [0.3, 0.4) is 0 Å². The highest BCUT2D eigenvalue weighted by Crippen LogP contribution is 2.30. The van der Waals surface area contributed by atoms with Gasteiger partial charge in [0.1, 0.15) is 5.69 Å². The van der Waals surface area contributed by atoms with Crippen LogP contribution in [0.25, 0.3) is 0 Å². The van der Waals surface area contributed by atoms with Crippen molar-refractivity contribution in [2.75, 3.05) is 13.1 Å². The molecule has 0 atom stereocenters. The number of hydrogen-bond acceptors (Lipinski definition) is 6. The zero-order chi connectivity index (χ0) is 18.1. The van der Waals surface area contributed by atoms with Gasteiger partial charge in [-0.2, -0.15) is 10.4 Å². The fourth-order valence-electron chi connectivity index (χ4n) is 2.03. The summed E-state index contributed by atoms with van der Waals surface area (Å²) in [6.45, 7) is 1.50. The van der Waals surface area contributed by atoms with Crippen LogP contribution in [0.2, 0.25) is 5.02 Å². The number of non-ortho nitro benzene ring substituents is 1. The molecule has 0 amide bonds. The van der Waals surface area contributed by atoms with Gasteiger partial charge in [0, 0.05) is 25.1 Å². The average molecular weight is 358 g/mol. The number of halogens is 1. The number of nitro groups is 1. The molecule has 0 aliphatic heterocycles. The SMILES string of the molecule is N#CCCNCCc1ccc(N=Nc2ccc([N+](=O)[O-])cc2Cl)cc1. The van der Waals surface area contributed by atoms with E-state index < -0.39 is 4.92 Å². The van der Waals surface area contributed by atoms with Crippen LogP contribution >= 0.6 is 11.6 Å². The summed E-state index contributed by atoms with van der Waals surface area (Å²) in [7, 11) is 0. The van der Waals surface area contributed by atoms with E-state index in [1.807, 2.05) is 24.3 Å². The molecule has 2 aromatic rings. The van der Waals surface area contributed by atoms with Crippen molar-refractivity contribution in [2.24, 2.45) is 10.2 Å². The van der Waals surface area contributed by atoms with Crippen molar-refractivity contribution in [3.63, 3.8) is 0 Å². The molecule has 0 saturated carbocycles. The third kappa shape index (κ3) is 5.95. The van der Waals surface area contributed by atoms with E-state index in [4.69, 9.17) is 16.9 Å². The number of hydrogen-bond donors (Lipinski definition) is 1. The largest absolute Gasteiger partial charge is 0.315 e. The van der Waals surface area contributed by atoms with Crippen molar-refractivity contribution >= 4 is 28.7 Å². The molecular formula is C17H16ClN5O2. The second kappa shape index (κ2) is 9.47. The molecule has 0 radical (unpaired) electrons. The number of benzene rings is 2. The number of nitriles is 1. The van der Waals surface area contributed by atoms with Crippen LogP contribution in [0.4, 0.5) is 17.1 Å². The number of azo groups is 1. The minimum absolute atomic E-state index is 0.0864. The van der Waals surface area contributed by atoms with Crippen molar-refractivity contribution in [1.29, 1.82) is 5.26 Å². The predicted molar refractivity (Wildman–Crippen MR) is 95.5 cm³/mol. The molecule has 7 nitrogen and oxygen atoms in total. The van der Waals surface area contributed by atoms with Crippen molar-refractivity contribution in [3.05, 3.63) is 63.2 Å². The summed E-state index contributed by atoms with van der Waals surface area (Å²) in [5, 5.41) is 30.6. The summed E-state index contributed by atoms with van der Waals surface area (Å²) in [4.78, 5) is 10.2. The Bertz CT molecular complexity index is 800. The van der Waals surface area contributed by atoms with Crippen LogP contribution in [0.1, 0.15) is 12.0 Å². The lowest BCUT2D eigenvalue weighted by Crippen LogP contribution is -2.17. The van der Waals surface area contributed by atoms with Gasteiger partial charge in [-0.25, -0.2) is 0 Å². The molecule has 128 valence electrons. The predicted octanol–water partition coefficient (Wildman–Crippen LogP) is 4.71. The lowest BCUT2D eigenvalue weighted by molar-refractivity contribution is -0.384. The Morgan fingerprint density at radius 1 is 1.16 bits per heavy atom. The Morgan fingerprint density at radius 3 is 2.56 bits per heavy atom. The molecule has 0 spiro atoms. The molecule has 0 heterocycles. The van der Waals surface area contributed by atoms with E-state index >= 15 is 0 Å². The molecule has 2 rings (SSSR count). The first-order chi connectivity index (χ1) is 12.1. The van der Waals surface area contributed by atoms with Gasteiger partial charge < -0.3 is 5.32 Å². The summed E-state index contributed by atoms with van der Waals surface area (Å²) in [5.74, 6) is 0. The summed E-state index contributed by atoms with van der Waals surface area (Å²) in [6.07, 6.45) is 1.36. The molecule has 25 heavy (non-hydrogen) atoms. The Labute approximate surface area is 150 Å². The molecule has 0 aliphatic rings. The molecule has 8 heteroatoms. The maximum atomic E-state index is 10.7. The molecule has 0 bridgehead atoms. The smallest absolute Gasteiger partial charge is 0.271 e. The fourth-order valence-corrected chi connectivity index (χ4v) is 2.25. The van der Waals surface area contributed by atoms with Crippen molar-refractivity contribution in [3.8, 4) is 6.07 Å². The van der Waals surface area contributed by atoms with E-state index in [1.165, 1.54) is 18.2 Å². The van der Waals surface area contributed by atoms with Crippen LogP contribution in [-0.2, 0) is 6.42 Å². The lowest BCUT2D eigenvalue weighted by Gasteiger charge is -2.03. The van der Waals surface area contributed by atoms with E-state index in [0.717, 1.165) is 18.5 Å². The van der Waals surface area contributed by atoms with Crippen LogP contribution in [0.5, 0.6) is 0 Å². The normalized spacial score (nSPS) is 10.7. The molecule has 0 unspecified atom stereocenters. The topological polar surface area (TPSA) is 104 Å². The average Bonchev–Trinajstić information content (AvgIpc) is 2.61. The Morgan fingerprint density at radius 2 is 1.92 bits per heavy atom. The number of nitro benzene ring substituents is 1. The van der Waals surface area contributed by atoms with Gasteiger partial charge in [0.25, 0.3) is 5.69 Å². The third-order valence-corrected chi connectivity index (χ3v) is 3.66. The molecule has 0 fully saturated rings. The minimum Gasteiger partial charge on any atom is -0.315 e. The number of rotatable bonds is 8. The second-order valence-corrected chi connectivity index (χ2v) is 5.57. The van der Waals surface area contributed by atoms with Gasteiger partial charge in [0.15, 0.2) is 0 Å². The van der Waals surface area contributed by atoms with Crippen LogP contribution < -0.4 is 5.32 Å². The minimum atomic E-state index is -0.513. The molecule has 0 aromatic heterocycles. The zero-order valence-electron chi connectivity index (χ0n) is 13.4. The van der Waals surface area contributed by atoms with E-state index in [2.05, 4.69) is 21.6 Å². The van der Waals surface area contributed by atoms with Crippen LogP contribution in [0, 0.1) is 21.4 Å². The van der Waals surface area contributed by atoms with E-state index in [0.29, 0.717) is 24.3 Å². The second-order valence-electron chi connectivity index (χ2n) is 5.17. The Hall–Kier alpha value is -2.82. The maximum Gasteiger partial charge on any atom is 0.271 e. The Balaban J connectivity index is 1.93. The fraction of sp³-hybridized carbons (Fsp3) is 0.235. The van der Waals surface area contributed by atoms with Gasteiger partial charge in [-0.15, -0.1) is 5.11 Å². The van der Waals surface area contributed by atoms with E-state index in [9.17, 15) is 10.1 Å². The zero-order valence-corrected chi connectivity index (χ0v) is 14.1. The van der Waals surface area contributed by atoms with Gasteiger partial charge in [-0.1, -0.05) is 23.7 Å². The van der Waals surface area contributed by atoms with Gasteiger partial charge in [-0.3, -0.25) is 10.1 Å². The van der Waals surface area contributed by atoms with Gasteiger partial charge >= 0.3 is 0 Å². The maximum absolute atomic E-state index is 10.7.